The molecule has 0 rings (SSSR count). The van der Waals surface area contributed by atoms with Gasteiger partial charge in [0, 0.05) is 12.8 Å². The Labute approximate surface area is 496 Å². The Morgan fingerprint density at radius 2 is 0.812 bits per heavy atom. The number of likely N-dealkylation sites (N-methyl/N-ethyl adjacent to an activating group) is 1. The highest BCUT2D eigenvalue weighted by Crippen LogP contribution is 2.43. The van der Waals surface area contributed by atoms with E-state index in [1.54, 1.807) is 0 Å². The molecule has 0 aromatic heterocycles. The number of nitrogens with zero attached hydrogens (tertiary/aromatic N) is 1. The Kier molecular flexibility index (Phi) is 58.1. The van der Waals surface area contributed by atoms with Crippen molar-refractivity contribution in [3.05, 3.63) is 60.8 Å². The van der Waals surface area contributed by atoms with E-state index in [2.05, 4.69) is 74.7 Å². The molecule has 9 nitrogen and oxygen atoms in total. The van der Waals surface area contributed by atoms with Crippen molar-refractivity contribution in [2.45, 2.75) is 335 Å². The van der Waals surface area contributed by atoms with Crippen LogP contribution in [-0.4, -0.2) is 74.3 Å². The van der Waals surface area contributed by atoms with Crippen molar-refractivity contribution >= 4 is 19.7 Å². The number of unbranched alkanes of at least 4 members (excludes halogenated alkanes) is 40. The smallest absolute Gasteiger partial charge is 0.456 e. The third-order valence-electron chi connectivity index (χ3n) is 15.3. The number of nitrogens with one attached hydrogen (secondary N) is 1. The van der Waals surface area contributed by atoms with Gasteiger partial charge in [-0.2, -0.15) is 0 Å². The Balaban J connectivity index is 5.00. The summed E-state index contributed by atoms with van der Waals surface area (Å²) in [6.07, 6.45) is 76.7. The average molecular weight is 1140 g/mol. The van der Waals surface area contributed by atoms with Crippen molar-refractivity contribution in [1.29, 1.82) is 0 Å². The molecule has 0 aliphatic rings. The molecule has 0 aromatic carbocycles. The molecule has 1 amide bonds. The van der Waals surface area contributed by atoms with E-state index in [0.29, 0.717) is 17.4 Å². The third kappa shape index (κ3) is 60.3. The first-order valence-electron chi connectivity index (χ1n) is 34.1. The van der Waals surface area contributed by atoms with Gasteiger partial charge >= 0.3 is 13.8 Å². The highest BCUT2D eigenvalue weighted by Gasteiger charge is 2.30. The second-order valence-corrected chi connectivity index (χ2v) is 25.8. The van der Waals surface area contributed by atoms with Gasteiger partial charge in [0.25, 0.3) is 0 Å². The number of quaternary nitrogens is 1. The van der Waals surface area contributed by atoms with Crippen LogP contribution in [0, 0.1) is 0 Å². The van der Waals surface area contributed by atoms with E-state index in [0.717, 1.165) is 77.0 Å². The van der Waals surface area contributed by atoms with Crippen LogP contribution in [-0.2, 0) is 27.9 Å². The topological polar surface area (TPSA) is 111 Å². The molecule has 3 unspecified atom stereocenters. The average Bonchev–Trinajstić information content (AvgIpc) is 3.43. The summed E-state index contributed by atoms with van der Waals surface area (Å²) in [5.41, 5.74) is 0. The van der Waals surface area contributed by atoms with Crippen molar-refractivity contribution in [2.24, 2.45) is 0 Å². The summed E-state index contributed by atoms with van der Waals surface area (Å²) in [4.78, 5) is 37.8. The van der Waals surface area contributed by atoms with Gasteiger partial charge in [0.05, 0.1) is 33.8 Å². The molecule has 2 N–H and O–H groups in total. The number of carbonyl (C=O) groups excluding carboxylic acids is 2. The summed E-state index contributed by atoms with van der Waals surface area (Å²) in [5, 5.41) is 3.07. The minimum absolute atomic E-state index is 0.0381. The lowest BCUT2D eigenvalue weighted by Crippen LogP contribution is -2.47. The van der Waals surface area contributed by atoms with E-state index in [1.165, 1.54) is 212 Å². The zero-order chi connectivity index (χ0) is 58.6. The zero-order valence-corrected chi connectivity index (χ0v) is 54.5. The monoisotopic (exact) mass is 1140 g/mol. The normalized spacial score (nSPS) is 13.9. The van der Waals surface area contributed by atoms with Crippen molar-refractivity contribution in [3.8, 4) is 0 Å². The van der Waals surface area contributed by atoms with Crippen LogP contribution in [0.5, 0.6) is 0 Å². The molecule has 0 saturated heterocycles. The summed E-state index contributed by atoms with van der Waals surface area (Å²) >= 11 is 0. The highest BCUT2D eigenvalue weighted by molar-refractivity contribution is 7.47. The largest absolute Gasteiger partial charge is 0.472 e. The van der Waals surface area contributed by atoms with Crippen LogP contribution >= 0.6 is 7.82 Å². The molecule has 3 atom stereocenters. The number of phosphoric acid groups is 1. The van der Waals surface area contributed by atoms with Gasteiger partial charge in [-0.1, -0.05) is 294 Å². The van der Waals surface area contributed by atoms with Crippen molar-refractivity contribution < 1.29 is 37.3 Å². The van der Waals surface area contributed by atoms with Gasteiger partial charge in [0.15, 0.2) is 0 Å². The molecular formula is C70H132N2O7P+. The minimum Gasteiger partial charge on any atom is -0.456 e. The van der Waals surface area contributed by atoms with Gasteiger partial charge in [0.1, 0.15) is 19.3 Å². The molecule has 10 heteroatoms. The molecule has 0 aliphatic heterocycles. The summed E-state index contributed by atoms with van der Waals surface area (Å²) in [6.45, 7) is 6.90. The maximum Gasteiger partial charge on any atom is 0.472 e. The fraction of sp³-hybridized carbons (Fsp3) is 0.829. The first-order chi connectivity index (χ1) is 38.9. The fourth-order valence-corrected chi connectivity index (χ4v) is 10.7. The maximum absolute atomic E-state index is 13.6. The number of amides is 1. The van der Waals surface area contributed by atoms with Gasteiger partial charge in [-0.15, -0.1) is 0 Å². The standard InChI is InChI=1S/C70H131N2O7P/c1-7-10-13-16-19-22-25-28-30-31-32-33-34-35-36-37-38-39-40-41-43-44-47-50-53-56-59-62-69(73)71-67(66-78-80(75,76)77-65-64-72(4,5)6)68(61-58-55-52-49-46-27-24-21-18-15-12-9-3)79-70(74)63-60-57-54-51-48-45-42-29-26-23-20-17-14-11-8-2/h11,14,17,20,23,26,28,30,58,61,67-68H,7-10,12-13,15-16,18-19,21-22,24-25,27,29,31-57,59-60,62-66H2,1-6H3,(H-,71,73,75,76)/p+1/b14-11+,20-17+,26-23+,30-28+,61-58-. The van der Waals surface area contributed by atoms with E-state index >= 15 is 0 Å². The van der Waals surface area contributed by atoms with Gasteiger partial charge in [-0.05, 0) is 76.7 Å². The van der Waals surface area contributed by atoms with Crippen LogP contribution in [0.15, 0.2) is 60.8 Å². The summed E-state index contributed by atoms with van der Waals surface area (Å²) in [5.74, 6) is -0.509. The lowest BCUT2D eigenvalue weighted by Gasteiger charge is -2.27. The van der Waals surface area contributed by atoms with Crippen LogP contribution in [0.2, 0.25) is 0 Å². The Bertz CT molecular complexity index is 1550. The fourth-order valence-electron chi connectivity index (χ4n) is 10.00. The Morgan fingerprint density at radius 3 is 1.23 bits per heavy atom. The van der Waals surface area contributed by atoms with Crippen molar-refractivity contribution in [1.82, 2.24) is 5.32 Å². The van der Waals surface area contributed by atoms with Gasteiger partial charge in [-0.3, -0.25) is 18.6 Å². The molecule has 0 bridgehead atoms. The molecule has 0 aromatic rings. The predicted octanol–water partition coefficient (Wildman–Crippen LogP) is 21.4. The molecule has 0 radical (unpaired) electrons. The molecule has 0 saturated carbocycles. The summed E-state index contributed by atoms with van der Waals surface area (Å²) in [7, 11) is 1.49. The molecule has 0 fully saturated rings. The number of rotatable bonds is 62. The first kappa shape index (κ1) is 77.7. The number of ether oxygens (including phenoxy) is 1. The van der Waals surface area contributed by atoms with E-state index in [4.69, 9.17) is 13.8 Å². The molecule has 468 valence electrons. The maximum atomic E-state index is 13.6. The minimum atomic E-state index is -4.45. The number of phosphoric ester groups is 1. The first-order valence-corrected chi connectivity index (χ1v) is 35.6. The van der Waals surface area contributed by atoms with E-state index in [1.807, 2.05) is 33.3 Å². The Hall–Kier alpha value is -2.29. The zero-order valence-electron chi connectivity index (χ0n) is 53.6. The third-order valence-corrected chi connectivity index (χ3v) is 16.2. The Morgan fingerprint density at radius 1 is 0.450 bits per heavy atom. The highest BCUT2D eigenvalue weighted by atomic mass is 31.2. The van der Waals surface area contributed by atoms with Crippen molar-refractivity contribution in [3.63, 3.8) is 0 Å². The van der Waals surface area contributed by atoms with E-state index < -0.39 is 20.0 Å². The van der Waals surface area contributed by atoms with E-state index in [9.17, 15) is 19.0 Å². The number of allylic oxidation sites excluding steroid dienone is 9. The summed E-state index contributed by atoms with van der Waals surface area (Å²) in [6, 6.07) is -0.853. The molecular weight excluding hydrogens is 1010 g/mol. The van der Waals surface area contributed by atoms with Crippen LogP contribution in [0.1, 0.15) is 323 Å². The number of hydrogen-bond acceptors (Lipinski definition) is 6. The SMILES string of the molecule is CC/C=C/C=C/C=C/CCCCCCCCCC(=O)OC(/C=C\CCCCCCCCCCCC)C(COP(=O)(O)OCC[N+](C)(C)C)NC(=O)CCCCCCCCCCCCCCCCCCC/C=C/CCCCCCCC. The number of esters is 1. The quantitative estimate of drug-likeness (QED) is 0.0156. The van der Waals surface area contributed by atoms with Crippen molar-refractivity contribution in [2.75, 3.05) is 40.9 Å². The lowest BCUT2D eigenvalue weighted by molar-refractivity contribution is -0.870. The molecule has 80 heavy (non-hydrogen) atoms. The lowest BCUT2D eigenvalue weighted by atomic mass is 10.0. The number of hydrogen-bond donors (Lipinski definition) is 2. The second kappa shape index (κ2) is 59.9. The molecule has 0 aliphatic carbocycles. The van der Waals surface area contributed by atoms with Crippen LogP contribution in [0.25, 0.3) is 0 Å². The molecule has 0 heterocycles. The van der Waals surface area contributed by atoms with E-state index in [-0.39, 0.29) is 31.5 Å². The van der Waals surface area contributed by atoms with Crippen LogP contribution in [0.3, 0.4) is 0 Å². The number of carbonyl (C=O) groups is 2. The van der Waals surface area contributed by atoms with Crippen LogP contribution < -0.4 is 5.32 Å². The van der Waals surface area contributed by atoms with Crippen LogP contribution in [0.4, 0.5) is 0 Å². The molecule has 0 spiro atoms. The van der Waals surface area contributed by atoms with Gasteiger partial charge in [-0.25, -0.2) is 4.57 Å². The predicted molar refractivity (Wildman–Crippen MR) is 346 cm³/mol. The van der Waals surface area contributed by atoms with Gasteiger partial charge < -0.3 is 19.4 Å². The summed E-state index contributed by atoms with van der Waals surface area (Å²) < 4.78 is 30.8. The second-order valence-electron chi connectivity index (χ2n) is 24.4. The van der Waals surface area contributed by atoms with Gasteiger partial charge in [0.2, 0.25) is 5.91 Å².